The standard InChI is InChI=1S/C21H25FN2O3S/c1-15-5-11-20(12-6-15)28(26,27)24-13-3-4-18(14-24)21(25)23-16(2)17-7-9-19(22)10-8-17/h5-12,16,18H,3-4,13-14H2,1-2H3,(H,23,25)/t16-,18+/m1/s1. The summed E-state index contributed by atoms with van der Waals surface area (Å²) < 4.78 is 40.3. The van der Waals surface area contributed by atoms with Gasteiger partial charge in [0.2, 0.25) is 15.9 Å². The number of nitrogens with zero attached hydrogens (tertiary/aromatic N) is 1. The van der Waals surface area contributed by atoms with E-state index in [2.05, 4.69) is 5.32 Å². The molecule has 1 aliphatic rings. The Kier molecular flexibility index (Phi) is 6.15. The number of amides is 1. The molecule has 0 unspecified atom stereocenters. The van der Waals surface area contributed by atoms with Crippen molar-refractivity contribution in [3.63, 3.8) is 0 Å². The van der Waals surface area contributed by atoms with Gasteiger partial charge in [0.05, 0.1) is 16.9 Å². The highest BCUT2D eigenvalue weighted by Gasteiger charge is 2.33. The molecule has 0 aromatic heterocycles. The number of benzene rings is 2. The SMILES string of the molecule is Cc1ccc(S(=O)(=O)N2CCC[C@H](C(=O)N[C@H](C)c3ccc(F)cc3)C2)cc1. The van der Waals surface area contributed by atoms with Crippen LogP contribution in [0.25, 0.3) is 0 Å². The van der Waals surface area contributed by atoms with Crippen LogP contribution in [0.2, 0.25) is 0 Å². The predicted molar refractivity (Wildman–Crippen MR) is 106 cm³/mol. The average Bonchev–Trinajstić information content (AvgIpc) is 2.69. The zero-order valence-corrected chi connectivity index (χ0v) is 16.9. The molecular weight excluding hydrogens is 379 g/mol. The van der Waals surface area contributed by atoms with Gasteiger partial charge in [-0.2, -0.15) is 4.31 Å². The Morgan fingerprint density at radius 3 is 2.43 bits per heavy atom. The molecule has 3 rings (SSSR count). The van der Waals surface area contributed by atoms with Crippen molar-refractivity contribution in [2.45, 2.75) is 37.6 Å². The Morgan fingerprint density at radius 1 is 1.14 bits per heavy atom. The second kappa shape index (κ2) is 8.41. The molecule has 1 heterocycles. The summed E-state index contributed by atoms with van der Waals surface area (Å²) in [5.74, 6) is -0.913. The topological polar surface area (TPSA) is 66.5 Å². The summed E-state index contributed by atoms with van der Waals surface area (Å²) in [6.45, 7) is 4.31. The van der Waals surface area contributed by atoms with E-state index < -0.39 is 15.9 Å². The third-order valence-electron chi connectivity index (χ3n) is 5.14. The van der Waals surface area contributed by atoms with Crippen molar-refractivity contribution in [3.8, 4) is 0 Å². The fourth-order valence-corrected chi connectivity index (χ4v) is 4.92. The molecule has 0 saturated carbocycles. The first-order chi connectivity index (χ1) is 13.3. The molecule has 7 heteroatoms. The number of sulfonamides is 1. The third kappa shape index (κ3) is 4.59. The monoisotopic (exact) mass is 404 g/mol. The van der Waals surface area contributed by atoms with Crippen LogP contribution in [-0.2, 0) is 14.8 Å². The molecule has 28 heavy (non-hydrogen) atoms. The van der Waals surface area contributed by atoms with Gasteiger partial charge in [-0.1, -0.05) is 29.8 Å². The zero-order chi connectivity index (χ0) is 20.3. The highest BCUT2D eigenvalue weighted by atomic mass is 32.2. The van der Waals surface area contributed by atoms with Crippen molar-refractivity contribution in [3.05, 3.63) is 65.5 Å². The van der Waals surface area contributed by atoms with Crippen LogP contribution in [0.4, 0.5) is 4.39 Å². The van der Waals surface area contributed by atoms with Crippen LogP contribution in [0.3, 0.4) is 0 Å². The van der Waals surface area contributed by atoms with Crippen LogP contribution < -0.4 is 5.32 Å². The molecule has 2 aromatic rings. The number of hydrogen-bond acceptors (Lipinski definition) is 3. The van der Waals surface area contributed by atoms with Crippen molar-refractivity contribution in [1.29, 1.82) is 0 Å². The van der Waals surface area contributed by atoms with Crippen LogP contribution >= 0.6 is 0 Å². The molecule has 1 aliphatic heterocycles. The van der Waals surface area contributed by atoms with E-state index in [1.165, 1.54) is 16.4 Å². The minimum absolute atomic E-state index is 0.165. The summed E-state index contributed by atoms with van der Waals surface area (Å²) in [5, 5.41) is 2.92. The number of piperidine rings is 1. The van der Waals surface area contributed by atoms with Gasteiger partial charge in [-0.15, -0.1) is 0 Å². The average molecular weight is 405 g/mol. The third-order valence-corrected chi connectivity index (χ3v) is 7.02. The van der Waals surface area contributed by atoms with E-state index in [0.717, 1.165) is 11.1 Å². The molecule has 0 spiro atoms. The lowest BCUT2D eigenvalue weighted by Gasteiger charge is -2.32. The number of nitrogens with one attached hydrogen (secondary N) is 1. The molecule has 1 amide bonds. The van der Waals surface area contributed by atoms with Crippen molar-refractivity contribution in [2.24, 2.45) is 5.92 Å². The first-order valence-electron chi connectivity index (χ1n) is 9.40. The van der Waals surface area contributed by atoms with E-state index in [0.29, 0.717) is 19.4 Å². The van der Waals surface area contributed by atoms with Crippen molar-refractivity contribution < 1.29 is 17.6 Å². The second-order valence-electron chi connectivity index (χ2n) is 7.30. The quantitative estimate of drug-likeness (QED) is 0.830. The summed E-state index contributed by atoms with van der Waals surface area (Å²) in [5.41, 5.74) is 1.79. The number of carbonyl (C=O) groups excluding carboxylic acids is 1. The first kappa shape index (κ1) is 20.5. The summed E-state index contributed by atoms with van der Waals surface area (Å²) >= 11 is 0. The van der Waals surface area contributed by atoms with E-state index >= 15 is 0 Å². The normalized spacial score (nSPS) is 19.2. The van der Waals surface area contributed by atoms with Gasteiger partial charge in [0.15, 0.2) is 0 Å². The maximum atomic E-state index is 13.1. The Bertz CT molecular complexity index is 927. The highest BCUT2D eigenvalue weighted by Crippen LogP contribution is 2.25. The molecular formula is C21H25FN2O3S. The molecule has 1 N–H and O–H groups in total. The summed E-state index contributed by atoms with van der Waals surface area (Å²) in [7, 11) is -3.62. The highest BCUT2D eigenvalue weighted by molar-refractivity contribution is 7.89. The largest absolute Gasteiger partial charge is 0.349 e. The van der Waals surface area contributed by atoms with E-state index in [1.807, 2.05) is 13.8 Å². The van der Waals surface area contributed by atoms with Crippen LogP contribution in [0.1, 0.15) is 36.9 Å². The molecule has 150 valence electrons. The van der Waals surface area contributed by atoms with Gasteiger partial charge in [-0.3, -0.25) is 4.79 Å². The van der Waals surface area contributed by atoms with Crippen LogP contribution in [-0.4, -0.2) is 31.7 Å². The first-order valence-corrected chi connectivity index (χ1v) is 10.8. The summed E-state index contributed by atoms with van der Waals surface area (Å²) in [4.78, 5) is 12.9. The van der Waals surface area contributed by atoms with Crippen molar-refractivity contribution in [1.82, 2.24) is 9.62 Å². The molecule has 0 aliphatic carbocycles. The molecule has 5 nitrogen and oxygen atoms in total. The van der Waals surface area contributed by atoms with E-state index in [9.17, 15) is 17.6 Å². The van der Waals surface area contributed by atoms with Gasteiger partial charge >= 0.3 is 0 Å². The van der Waals surface area contributed by atoms with Crippen molar-refractivity contribution >= 4 is 15.9 Å². The van der Waals surface area contributed by atoms with Gasteiger partial charge in [-0.05, 0) is 56.5 Å². The van der Waals surface area contributed by atoms with Gasteiger partial charge in [0.25, 0.3) is 0 Å². The van der Waals surface area contributed by atoms with Gasteiger partial charge in [0, 0.05) is 13.1 Å². The zero-order valence-electron chi connectivity index (χ0n) is 16.1. The Morgan fingerprint density at radius 2 is 1.79 bits per heavy atom. The molecule has 0 radical (unpaired) electrons. The number of rotatable bonds is 5. The van der Waals surface area contributed by atoms with E-state index in [1.54, 1.807) is 36.4 Å². The number of carbonyl (C=O) groups is 1. The Balaban J connectivity index is 1.67. The van der Waals surface area contributed by atoms with Gasteiger partial charge < -0.3 is 5.32 Å². The fraction of sp³-hybridized carbons (Fsp3) is 0.381. The maximum absolute atomic E-state index is 13.1. The number of halogens is 1. The van der Waals surface area contributed by atoms with Gasteiger partial charge in [-0.25, -0.2) is 12.8 Å². The maximum Gasteiger partial charge on any atom is 0.243 e. The minimum Gasteiger partial charge on any atom is -0.349 e. The van der Waals surface area contributed by atoms with Crippen molar-refractivity contribution in [2.75, 3.05) is 13.1 Å². The summed E-state index contributed by atoms with van der Waals surface area (Å²) in [6.07, 6.45) is 1.27. The van der Waals surface area contributed by atoms with Crippen LogP contribution in [0.15, 0.2) is 53.4 Å². The summed E-state index contributed by atoms with van der Waals surface area (Å²) in [6, 6.07) is 12.4. The Labute approximate surface area is 165 Å². The smallest absolute Gasteiger partial charge is 0.243 e. The second-order valence-corrected chi connectivity index (χ2v) is 9.24. The molecule has 2 atom stereocenters. The minimum atomic E-state index is -3.62. The lowest BCUT2D eigenvalue weighted by molar-refractivity contribution is -0.126. The fourth-order valence-electron chi connectivity index (χ4n) is 3.40. The van der Waals surface area contributed by atoms with E-state index in [4.69, 9.17) is 0 Å². The van der Waals surface area contributed by atoms with E-state index in [-0.39, 0.29) is 29.2 Å². The molecule has 2 aromatic carbocycles. The molecule has 0 bridgehead atoms. The van der Waals surface area contributed by atoms with Gasteiger partial charge in [0.1, 0.15) is 5.82 Å². The number of hydrogen-bond donors (Lipinski definition) is 1. The number of aryl methyl sites for hydroxylation is 1. The lowest BCUT2D eigenvalue weighted by atomic mass is 9.98. The van der Waals surface area contributed by atoms with Crippen LogP contribution in [0, 0.1) is 18.7 Å². The Hall–Kier alpha value is -2.25. The van der Waals surface area contributed by atoms with Crippen LogP contribution in [0.5, 0.6) is 0 Å². The lowest BCUT2D eigenvalue weighted by Crippen LogP contribution is -2.45. The molecule has 1 fully saturated rings. The molecule has 1 saturated heterocycles. The predicted octanol–water partition coefficient (Wildman–Crippen LogP) is 3.41.